The van der Waals surface area contributed by atoms with Gasteiger partial charge in [-0.2, -0.15) is 5.21 Å². The summed E-state index contributed by atoms with van der Waals surface area (Å²) in [4.78, 5) is 26.0. The quantitative estimate of drug-likeness (QED) is 0.685. The third-order valence-corrected chi connectivity index (χ3v) is 3.82. The van der Waals surface area contributed by atoms with Crippen molar-refractivity contribution in [2.24, 2.45) is 0 Å². The van der Waals surface area contributed by atoms with Crippen LogP contribution in [-0.2, 0) is 4.79 Å². The molecule has 0 atom stereocenters. The van der Waals surface area contributed by atoms with Gasteiger partial charge in [-0.1, -0.05) is 18.2 Å². The smallest absolute Gasteiger partial charge is 0.254 e. The van der Waals surface area contributed by atoms with E-state index in [2.05, 4.69) is 25.9 Å². The average Bonchev–Trinajstić information content (AvgIpc) is 3.22. The number of hydrogen-bond donors (Lipinski definition) is 2. The molecule has 0 fully saturated rings. The third kappa shape index (κ3) is 4.46. The molecule has 1 heterocycles. The molecule has 1 aromatic heterocycles. The molecule has 0 aliphatic carbocycles. The van der Waals surface area contributed by atoms with Crippen molar-refractivity contribution in [2.75, 3.05) is 26.0 Å². The van der Waals surface area contributed by atoms with Crippen LogP contribution in [0.15, 0.2) is 48.5 Å². The number of likely N-dealkylation sites (N-methyl/N-ethyl adjacent to an activating group) is 1. The zero-order valence-electron chi connectivity index (χ0n) is 14.8. The van der Waals surface area contributed by atoms with Crippen molar-refractivity contribution in [3.8, 4) is 17.1 Å². The van der Waals surface area contributed by atoms with Gasteiger partial charge < -0.3 is 15.0 Å². The first-order valence-electron chi connectivity index (χ1n) is 8.10. The lowest BCUT2D eigenvalue weighted by Crippen LogP contribution is -2.34. The van der Waals surface area contributed by atoms with Gasteiger partial charge in [-0.25, -0.2) is 0 Å². The molecule has 0 saturated carbocycles. The number of anilines is 1. The maximum atomic E-state index is 12.5. The van der Waals surface area contributed by atoms with Gasteiger partial charge in [0.2, 0.25) is 11.7 Å². The molecule has 0 aliphatic heterocycles. The number of H-pyrrole nitrogens is 1. The molecule has 9 nitrogen and oxygen atoms in total. The molecule has 0 radical (unpaired) electrons. The fourth-order valence-corrected chi connectivity index (χ4v) is 2.45. The first-order chi connectivity index (χ1) is 13.1. The van der Waals surface area contributed by atoms with Crippen molar-refractivity contribution in [1.29, 1.82) is 0 Å². The number of aromatic amines is 1. The summed E-state index contributed by atoms with van der Waals surface area (Å²) in [5, 5.41) is 16.4. The predicted octanol–water partition coefficient (Wildman–Crippen LogP) is 1.59. The molecule has 0 saturated heterocycles. The Balaban J connectivity index is 1.60. The molecule has 2 N–H and O–H groups in total. The van der Waals surface area contributed by atoms with Crippen LogP contribution in [0.1, 0.15) is 10.4 Å². The highest BCUT2D eigenvalue weighted by Gasteiger charge is 2.16. The standard InChI is InChI=1S/C18H18N6O3/c1-24(11-16(25)19-14-4-3-5-15(10-14)27-2)18(26)13-8-6-12(7-9-13)17-20-22-23-21-17/h3-10H,11H2,1-2H3,(H,19,25)(H,20,21,22,23). The van der Waals surface area contributed by atoms with Gasteiger partial charge in [0.25, 0.3) is 5.91 Å². The Morgan fingerprint density at radius 3 is 2.63 bits per heavy atom. The normalized spacial score (nSPS) is 10.3. The number of aromatic nitrogens is 4. The van der Waals surface area contributed by atoms with Crippen LogP contribution in [0.25, 0.3) is 11.4 Å². The fraction of sp³-hybridized carbons (Fsp3) is 0.167. The summed E-state index contributed by atoms with van der Waals surface area (Å²) >= 11 is 0. The highest BCUT2D eigenvalue weighted by molar-refractivity contribution is 5.99. The molecule has 3 rings (SSSR count). The Kier molecular flexibility index (Phi) is 5.41. The lowest BCUT2D eigenvalue weighted by Gasteiger charge is -2.17. The number of nitrogens with one attached hydrogen (secondary N) is 2. The number of carbonyl (C=O) groups excluding carboxylic acids is 2. The Labute approximate surface area is 155 Å². The van der Waals surface area contributed by atoms with E-state index in [-0.39, 0.29) is 18.4 Å². The third-order valence-electron chi connectivity index (χ3n) is 3.82. The molecule has 27 heavy (non-hydrogen) atoms. The molecule has 0 aliphatic rings. The molecular weight excluding hydrogens is 348 g/mol. The highest BCUT2D eigenvalue weighted by atomic mass is 16.5. The number of rotatable bonds is 6. The molecule has 9 heteroatoms. The van der Waals surface area contributed by atoms with Gasteiger partial charge in [-0.15, -0.1) is 10.2 Å². The van der Waals surface area contributed by atoms with E-state index in [1.807, 2.05) is 0 Å². The van der Waals surface area contributed by atoms with Crippen molar-refractivity contribution in [2.45, 2.75) is 0 Å². The van der Waals surface area contributed by atoms with E-state index in [0.717, 1.165) is 5.56 Å². The number of nitrogens with zero attached hydrogens (tertiary/aromatic N) is 4. The Morgan fingerprint density at radius 1 is 1.19 bits per heavy atom. The SMILES string of the molecule is COc1cccc(NC(=O)CN(C)C(=O)c2ccc(-c3nn[nH]n3)cc2)c1. The van der Waals surface area contributed by atoms with Gasteiger partial charge in [-0.05, 0) is 29.5 Å². The minimum Gasteiger partial charge on any atom is -0.497 e. The number of amides is 2. The van der Waals surface area contributed by atoms with E-state index in [1.54, 1.807) is 62.7 Å². The number of carbonyl (C=O) groups is 2. The van der Waals surface area contributed by atoms with Crippen LogP contribution in [-0.4, -0.2) is 58.0 Å². The number of benzene rings is 2. The first kappa shape index (κ1) is 18.1. The number of ether oxygens (including phenoxy) is 1. The van der Waals surface area contributed by atoms with Gasteiger partial charge >= 0.3 is 0 Å². The summed E-state index contributed by atoms with van der Waals surface area (Å²) in [6.07, 6.45) is 0. The average molecular weight is 366 g/mol. The van der Waals surface area contributed by atoms with Crippen LogP contribution in [0.3, 0.4) is 0 Å². The van der Waals surface area contributed by atoms with E-state index in [1.165, 1.54) is 4.90 Å². The monoisotopic (exact) mass is 366 g/mol. The van der Waals surface area contributed by atoms with Crippen molar-refractivity contribution in [3.63, 3.8) is 0 Å². The molecular formula is C18H18N6O3. The van der Waals surface area contributed by atoms with Crippen LogP contribution >= 0.6 is 0 Å². The second kappa shape index (κ2) is 8.09. The van der Waals surface area contributed by atoms with Crippen molar-refractivity contribution in [3.05, 3.63) is 54.1 Å². The summed E-state index contributed by atoms with van der Waals surface area (Å²) in [5.74, 6) is 0.511. The molecule has 0 bridgehead atoms. The van der Waals surface area contributed by atoms with E-state index >= 15 is 0 Å². The van der Waals surface area contributed by atoms with Crippen molar-refractivity contribution in [1.82, 2.24) is 25.5 Å². The summed E-state index contributed by atoms with van der Waals surface area (Å²) in [6, 6.07) is 13.8. The summed E-state index contributed by atoms with van der Waals surface area (Å²) in [5.41, 5.74) is 1.79. The van der Waals surface area contributed by atoms with E-state index < -0.39 is 0 Å². The van der Waals surface area contributed by atoms with Crippen LogP contribution in [0, 0.1) is 0 Å². The lowest BCUT2D eigenvalue weighted by atomic mass is 10.1. The zero-order chi connectivity index (χ0) is 19.2. The molecule has 0 spiro atoms. The molecule has 0 unspecified atom stereocenters. The minimum atomic E-state index is -0.303. The highest BCUT2D eigenvalue weighted by Crippen LogP contribution is 2.17. The van der Waals surface area contributed by atoms with Crippen molar-refractivity contribution >= 4 is 17.5 Å². The van der Waals surface area contributed by atoms with Gasteiger partial charge in [-0.3, -0.25) is 9.59 Å². The first-order valence-corrected chi connectivity index (χ1v) is 8.10. The van der Waals surface area contributed by atoms with Crippen LogP contribution in [0.4, 0.5) is 5.69 Å². The van der Waals surface area contributed by atoms with E-state index in [4.69, 9.17) is 4.74 Å². The van der Waals surface area contributed by atoms with E-state index in [0.29, 0.717) is 22.8 Å². The second-order valence-electron chi connectivity index (χ2n) is 5.75. The molecule has 2 aromatic carbocycles. The topological polar surface area (TPSA) is 113 Å². The minimum absolute atomic E-state index is 0.0807. The number of tetrazole rings is 1. The van der Waals surface area contributed by atoms with Crippen LogP contribution in [0.5, 0.6) is 5.75 Å². The molecule has 138 valence electrons. The fourth-order valence-electron chi connectivity index (χ4n) is 2.45. The van der Waals surface area contributed by atoms with Crippen molar-refractivity contribution < 1.29 is 14.3 Å². The Morgan fingerprint density at radius 2 is 1.96 bits per heavy atom. The lowest BCUT2D eigenvalue weighted by molar-refractivity contribution is -0.116. The Hall–Kier alpha value is -3.75. The number of hydrogen-bond acceptors (Lipinski definition) is 6. The maximum absolute atomic E-state index is 12.5. The Bertz CT molecular complexity index is 925. The summed E-state index contributed by atoms with van der Waals surface area (Å²) < 4.78 is 5.12. The summed E-state index contributed by atoms with van der Waals surface area (Å²) in [7, 11) is 3.12. The largest absolute Gasteiger partial charge is 0.497 e. The van der Waals surface area contributed by atoms with Gasteiger partial charge in [0.15, 0.2) is 0 Å². The van der Waals surface area contributed by atoms with Crippen LogP contribution in [0.2, 0.25) is 0 Å². The zero-order valence-corrected chi connectivity index (χ0v) is 14.8. The van der Waals surface area contributed by atoms with Gasteiger partial charge in [0.05, 0.1) is 13.7 Å². The van der Waals surface area contributed by atoms with Gasteiger partial charge in [0.1, 0.15) is 5.75 Å². The van der Waals surface area contributed by atoms with Crippen LogP contribution < -0.4 is 10.1 Å². The molecule has 2 amide bonds. The maximum Gasteiger partial charge on any atom is 0.254 e. The number of methoxy groups -OCH3 is 1. The predicted molar refractivity (Wildman–Crippen MR) is 98.2 cm³/mol. The summed E-state index contributed by atoms with van der Waals surface area (Å²) in [6.45, 7) is -0.0807. The van der Waals surface area contributed by atoms with E-state index in [9.17, 15) is 9.59 Å². The molecule has 3 aromatic rings. The van der Waals surface area contributed by atoms with Gasteiger partial charge in [0, 0.05) is 29.9 Å². The second-order valence-corrected chi connectivity index (χ2v) is 5.75.